The SMILES string of the molecule is NC(=O)[C@H]1CCCN(Cc2c(C(=O)N3CCc4ccccc4C3)nc3ccc(Cl)cn23)C1. The zero-order valence-corrected chi connectivity index (χ0v) is 18.6. The van der Waals surface area contributed by atoms with Gasteiger partial charge in [0.15, 0.2) is 5.69 Å². The number of rotatable bonds is 4. The van der Waals surface area contributed by atoms with Crippen LogP contribution in [0.15, 0.2) is 42.6 Å². The van der Waals surface area contributed by atoms with Crippen molar-refractivity contribution in [1.82, 2.24) is 19.2 Å². The van der Waals surface area contributed by atoms with Gasteiger partial charge < -0.3 is 15.0 Å². The summed E-state index contributed by atoms with van der Waals surface area (Å²) in [6.45, 7) is 3.20. The molecule has 32 heavy (non-hydrogen) atoms. The Hall–Kier alpha value is -2.90. The lowest BCUT2D eigenvalue weighted by Crippen LogP contribution is -2.41. The summed E-state index contributed by atoms with van der Waals surface area (Å²) < 4.78 is 1.90. The first-order chi connectivity index (χ1) is 15.5. The van der Waals surface area contributed by atoms with Gasteiger partial charge in [0.25, 0.3) is 5.91 Å². The van der Waals surface area contributed by atoms with E-state index in [1.165, 1.54) is 11.1 Å². The van der Waals surface area contributed by atoms with Gasteiger partial charge in [0, 0.05) is 32.4 Å². The minimum Gasteiger partial charge on any atom is -0.369 e. The number of likely N-dealkylation sites (tertiary alicyclic amines) is 1. The van der Waals surface area contributed by atoms with Gasteiger partial charge in [-0.25, -0.2) is 4.98 Å². The number of carbonyl (C=O) groups is 2. The Balaban J connectivity index is 1.47. The highest BCUT2D eigenvalue weighted by molar-refractivity contribution is 6.30. The van der Waals surface area contributed by atoms with Crippen LogP contribution in [0.2, 0.25) is 5.02 Å². The van der Waals surface area contributed by atoms with Crippen LogP contribution in [0, 0.1) is 5.92 Å². The second kappa shape index (κ2) is 8.56. The lowest BCUT2D eigenvalue weighted by molar-refractivity contribution is -0.123. The summed E-state index contributed by atoms with van der Waals surface area (Å²) in [6.07, 6.45) is 4.35. The molecule has 2 amide bonds. The van der Waals surface area contributed by atoms with Crippen LogP contribution < -0.4 is 5.73 Å². The van der Waals surface area contributed by atoms with Crippen molar-refractivity contribution >= 4 is 29.1 Å². The lowest BCUT2D eigenvalue weighted by Gasteiger charge is -2.31. The van der Waals surface area contributed by atoms with E-state index in [1.807, 2.05) is 27.5 Å². The number of hydrogen-bond acceptors (Lipinski definition) is 4. The first kappa shape index (κ1) is 21.0. The molecule has 0 unspecified atom stereocenters. The molecule has 1 fully saturated rings. The maximum atomic E-state index is 13.6. The standard InChI is InChI=1S/C24H26ClN5O2/c25-19-7-8-21-27-22(24(32)29-11-9-16-4-1-2-5-17(16)13-29)20(30(21)14-19)15-28-10-3-6-18(12-28)23(26)31/h1-2,4-5,7-8,14,18H,3,6,9-13,15H2,(H2,26,31)/t18-/m0/s1. The van der Waals surface area contributed by atoms with Crippen molar-refractivity contribution in [2.24, 2.45) is 11.7 Å². The highest BCUT2D eigenvalue weighted by Gasteiger charge is 2.30. The predicted octanol–water partition coefficient (Wildman–Crippen LogP) is 2.88. The van der Waals surface area contributed by atoms with Crippen LogP contribution in [-0.2, 0) is 24.3 Å². The minimum atomic E-state index is -0.265. The number of aromatic nitrogens is 2. The second-order valence-corrected chi connectivity index (χ2v) is 9.14. The zero-order chi connectivity index (χ0) is 22.2. The quantitative estimate of drug-likeness (QED) is 0.661. The number of hydrogen-bond donors (Lipinski definition) is 1. The molecule has 0 bridgehead atoms. The number of fused-ring (bicyclic) bond motifs is 2. The molecule has 8 heteroatoms. The fourth-order valence-corrected chi connectivity index (χ4v) is 5.01. The number of nitrogens with zero attached hydrogens (tertiary/aromatic N) is 4. The summed E-state index contributed by atoms with van der Waals surface area (Å²) in [5.41, 5.74) is 9.99. The average molecular weight is 452 g/mol. The summed E-state index contributed by atoms with van der Waals surface area (Å²) in [6, 6.07) is 11.9. The Morgan fingerprint density at radius 1 is 1.12 bits per heavy atom. The van der Waals surface area contributed by atoms with Crippen LogP contribution in [0.3, 0.4) is 0 Å². The predicted molar refractivity (Wildman–Crippen MR) is 122 cm³/mol. The number of pyridine rings is 1. The van der Waals surface area contributed by atoms with Gasteiger partial charge in [-0.3, -0.25) is 14.5 Å². The Bertz CT molecular complexity index is 1190. The highest BCUT2D eigenvalue weighted by Crippen LogP contribution is 2.25. The smallest absolute Gasteiger partial charge is 0.274 e. The summed E-state index contributed by atoms with van der Waals surface area (Å²) in [5.74, 6) is -0.499. The molecule has 2 aliphatic heterocycles. The molecule has 3 aromatic rings. The van der Waals surface area contributed by atoms with Gasteiger partial charge in [-0.1, -0.05) is 35.9 Å². The van der Waals surface area contributed by atoms with Crippen molar-refractivity contribution < 1.29 is 9.59 Å². The molecule has 2 N–H and O–H groups in total. The summed E-state index contributed by atoms with van der Waals surface area (Å²) >= 11 is 6.27. The van der Waals surface area contributed by atoms with E-state index in [0.29, 0.717) is 42.5 Å². The fraction of sp³-hybridized carbons (Fsp3) is 0.375. The van der Waals surface area contributed by atoms with Crippen LogP contribution in [0.1, 0.15) is 40.2 Å². The average Bonchev–Trinajstić information content (AvgIpc) is 3.15. The van der Waals surface area contributed by atoms with Gasteiger partial charge in [0.1, 0.15) is 5.65 Å². The maximum Gasteiger partial charge on any atom is 0.274 e. The lowest BCUT2D eigenvalue weighted by atomic mass is 9.97. The van der Waals surface area contributed by atoms with Gasteiger partial charge in [-0.15, -0.1) is 0 Å². The number of imidazole rings is 1. The van der Waals surface area contributed by atoms with Crippen LogP contribution in [0.25, 0.3) is 5.65 Å². The normalized spacial score (nSPS) is 19.2. The number of primary amides is 1. The van der Waals surface area contributed by atoms with E-state index < -0.39 is 0 Å². The highest BCUT2D eigenvalue weighted by atomic mass is 35.5. The largest absolute Gasteiger partial charge is 0.369 e. The third-order valence-electron chi connectivity index (χ3n) is 6.58. The van der Waals surface area contributed by atoms with Crippen LogP contribution in [-0.4, -0.2) is 50.6 Å². The van der Waals surface area contributed by atoms with Gasteiger partial charge in [0.2, 0.25) is 5.91 Å². The molecule has 5 rings (SSSR count). The summed E-state index contributed by atoms with van der Waals surface area (Å²) in [7, 11) is 0. The Labute approximate surface area is 191 Å². The van der Waals surface area contributed by atoms with E-state index in [4.69, 9.17) is 22.3 Å². The van der Waals surface area contributed by atoms with E-state index in [1.54, 1.807) is 12.3 Å². The molecule has 0 saturated carbocycles. The van der Waals surface area contributed by atoms with Crippen molar-refractivity contribution in [2.45, 2.75) is 32.4 Å². The van der Waals surface area contributed by atoms with Crippen molar-refractivity contribution in [1.29, 1.82) is 0 Å². The molecule has 1 saturated heterocycles. The van der Waals surface area contributed by atoms with Crippen LogP contribution in [0.4, 0.5) is 0 Å². The van der Waals surface area contributed by atoms with E-state index in [0.717, 1.165) is 31.5 Å². The third kappa shape index (κ3) is 3.98. The number of halogens is 1. The van der Waals surface area contributed by atoms with Gasteiger partial charge >= 0.3 is 0 Å². The molecule has 7 nitrogen and oxygen atoms in total. The van der Waals surface area contributed by atoms with Crippen molar-refractivity contribution in [3.63, 3.8) is 0 Å². The Morgan fingerprint density at radius 3 is 2.75 bits per heavy atom. The molecule has 4 heterocycles. The first-order valence-electron chi connectivity index (χ1n) is 11.0. The van der Waals surface area contributed by atoms with Crippen molar-refractivity contribution in [3.8, 4) is 0 Å². The zero-order valence-electron chi connectivity index (χ0n) is 17.8. The Kier molecular flexibility index (Phi) is 5.61. The van der Waals surface area contributed by atoms with Gasteiger partial charge in [-0.2, -0.15) is 0 Å². The van der Waals surface area contributed by atoms with Crippen LogP contribution in [0.5, 0.6) is 0 Å². The molecular formula is C24H26ClN5O2. The first-order valence-corrected chi connectivity index (χ1v) is 11.4. The number of amides is 2. The van der Waals surface area contributed by atoms with E-state index in [2.05, 4.69) is 17.0 Å². The fourth-order valence-electron chi connectivity index (χ4n) is 4.85. The summed E-state index contributed by atoms with van der Waals surface area (Å²) in [5, 5.41) is 0.579. The summed E-state index contributed by atoms with van der Waals surface area (Å²) in [4.78, 5) is 34.1. The van der Waals surface area contributed by atoms with Crippen LogP contribution >= 0.6 is 11.6 Å². The van der Waals surface area contributed by atoms with E-state index >= 15 is 0 Å². The second-order valence-electron chi connectivity index (χ2n) is 8.70. The molecule has 1 atom stereocenters. The van der Waals surface area contributed by atoms with Gasteiger partial charge in [-0.05, 0) is 49.1 Å². The number of carbonyl (C=O) groups excluding carboxylic acids is 2. The monoisotopic (exact) mass is 451 g/mol. The number of benzene rings is 1. The Morgan fingerprint density at radius 2 is 1.94 bits per heavy atom. The minimum absolute atomic E-state index is 0.0715. The van der Waals surface area contributed by atoms with E-state index in [9.17, 15) is 9.59 Å². The molecule has 2 aliphatic rings. The third-order valence-corrected chi connectivity index (χ3v) is 6.81. The molecule has 0 spiro atoms. The molecular weight excluding hydrogens is 426 g/mol. The molecule has 2 aromatic heterocycles. The van der Waals surface area contributed by atoms with Gasteiger partial charge in [0.05, 0.1) is 16.6 Å². The van der Waals surface area contributed by atoms with Crippen molar-refractivity contribution in [2.75, 3.05) is 19.6 Å². The number of piperidine rings is 1. The molecule has 0 radical (unpaired) electrons. The maximum absolute atomic E-state index is 13.6. The molecule has 166 valence electrons. The van der Waals surface area contributed by atoms with Crippen molar-refractivity contribution in [3.05, 3.63) is 70.1 Å². The topological polar surface area (TPSA) is 83.9 Å². The van der Waals surface area contributed by atoms with E-state index in [-0.39, 0.29) is 17.7 Å². The molecule has 0 aliphatic carbocycles. The number of nitrogens with two attached hydrogens (primary N) is 1. The molecule has 1 aromatic carbocycles.